The molecule has 4 heteroatoms. The van der Waals surface area contributed by atoms with Gasteiger partial charge in [-0.05, 0) is 18.9 Å². The number of para-hydroxylation sites is 1. The van der Waals surface area contributed by atoms with E-state index in [4.69, 9.17) is 15.2 Å². The van der Waals surface area contributed by atoms with Crippen LogP contribution in [0.15, 0.2) is 18.2 Å². The highest BCUT2D eigenvalue weighted by molar-refractivity contribution is 5.36. The Balaban J connectivity index is 2.51. The van der Waals surface area contributed by atoms with Gasteiger partial charge in [0.05, 0.1) is 6.61 Å². The van der Waals surface area contributed by atoms with Crippen LogP contribution >= 0.6 is 0 Å². The molecule has 0 saturated heterocycles. The summed E-state index contributed by atoms with van der Waals surface area (Å²) in [5.74, 6) is 0.340. The molecule has 0 bridgehead atoms. The lowest BCUT2D eigenvalue weighted by Crippen LogP contribution is -2.14. The van der Waals surface area contributed by atoms with E-state index in [1.165, 1.54) is 6.07 Å². The Labute approximate surface area is 108 Å². The Hall–Kier alpha value is -1.13. The fourth-order valence-corrected chi connectivity index (χ4v) is 1.56. The Kier molecular flexibility index (Phi) is 6.09. The topological polar surface area (TPSA) is 44.5 Å². The van der Waals surface area contributed by atoms with Crippen molar-refractivity contribution in [3.8, 4) is 5.75 Å². The number of rotatable bonds is 7. The zero-order chi connectivity index (χ0) is 13.5. The third-order valence-electron chi connectivity index (χ3n) is 2.41. The van der Waals surface area contributed by atoms with E-state index >= 15 is 0 Å². The number of ether oxygens (including phenoxy) is 2. The highest BCUT2D eigenvalue weighted by Crippen LogP contribution is 2.26. The first-order valence-electron chi connectivity index (χ1n) is 6.27. The van der Waals surface area contributed by atoms with Gasteiger partial charge in [-0.25, -0.2) is 4.39 Å². The van der Waals surface area contributed by atoms with Gasteiger partial charge in [-0.15, -0.1) is 0 Å². The van der Waals surface area contributed by atoms with Gasteiger partial charge in [0.1, 0.15) is 6.61 Å². The van der Waals surface area contributed by atoms with Crippen molar-refractivity contribution >= 4 is 0 Å². The van der Waals surface area contributed by atoms with Crippen LogP contribution < -0.4 is 10.5 Å². The van der Waals surface area contributed by atoms with E-state index in [0.717, 1.165) is 0 Å². The number of nitrogens with two attached hydrogens (primary N) is 1. The summed E-state index contributed by atoms with van der Waals surface area (Å²) in [5, 5.41) is 0. The molecule has 0 heterocycles. The van der Waals surface area contributed by atoms with Crippen LogP contribution in [0.25, 0.3) is 0 Å². The van der Waals surface area contributed by atoms with E-state index < -0.39 is 0 Å². The van der Waals surface area contributed by atoms with Crippen molar-refractivity contribution < 1.29 is 13.9 Å². The molecule has 0 amide bonds. The first-order valence-corrected chi connectivity index (χ1v) is 6.27. The lowest BCUT2D eigenvalue weighted by molar-refractivity contribution is 0.0804. The van der Waals surface area contributed by atoms with Crippen molar-refractivity contribution in [2.24, 2.45) is 11.7 Å². The van der Waals surface area contributed by atoms with E-state index in [1.807, 2.05) is 0 Å². The van der Waals surface area contributed by atoms with Crippen molar-refractivity contribution in [2.75, 3.05) is 19.8 Å². The van der Waals surface area contributed by atoms with Gasteiger partial charge in [0.2, 0.25) is 0 Å². The van der Waals surface area contributed by atoms with Crippen LogP contribution in [0.4, 0.5) is 4.39 Å². The molecule has 1 aromatic rings. The van der Waals surface area contributed by atoms with Gasteiger partial charge >= 0.3 is 0 Å². The molecule has 3 nitrogen and oxygen atoms in total. The van der Waals surface area contributed by atoms with E-state index in [0.29, 0.717) is 31.3 Å². The molecule has 18 heavy (non-hydrogen) atoms. The molecule has 102 valence electrons. The van der Waals surface area contributed by atoms with E-state index in [1.54, 1.807) is 19.1 Å². The third kappa shape index (κ3) is 4.63. The van der Waals surface area contributed by atoms with E-state index in [9.17, 15) is 4.39 Å². The van der Waals surface area contributed by atoms with Crippen molar-refractivity contribution in [3.63, 3.8) is 0 Å². The lowest BCUT2D eigenvalue weighted by Gasteiger charge is -2.15. The van der Waals surface area contributed by atoms with Gasteiger partial charge in [-0.3, -0.25) is 0 Å². The summed E-state index contributed by atoms with van der Waals surface area (Å²) in [4.78, 5) is 0. The minimum absolute atomic E-state index is 0.237. The largest absolute Gasteiger partial charge is 0.488 e. The molecule has 0 aliphatic carbocycles. The van der Waals surface area contributed by atoms with Crippen molar-refractivity contribution in [1.29, 1.82) is 0 Å². The minimum Gasteiger partial charge on any atom is -0.488 e. The zero-order valence-corrected chi connectivity index (χ0v) is 11.3. The van der Waals surface area contributed by atoms with Crippen LogP contribution in [0.5, 0.6) is 5.75 Å². The smallest absolute Gasteiger partial charge is 0.165 e. The maximum absolute atomic E-state index is 13.6. The molecule has 0 aliphatic rings. The summed E-state index contributed by atoms with van der Waals surface area (Å²) >= 11 is 0. The summed E-state index contributed by atoms with van der Waals surface area (Å²) in [6.45, 7) is 7.41. The summed E-state index contributed by atoms with van der Waals surface area (Å²) in [5.41, 5.74) is 6.46. The minimum atomic E-state index is -0.381. The number of halogens is 1. The van der Waals surface area contributed by atoms with Gasteiger partial charge in [-0.1, -0.05) is 26.0 Å². The Bertz CT molecular complexity index is 367. The molecule has 1 aromatic carbocycles. The summed E-state index contributed by atoms with van der Waals surface area (Å²) in [7, 11) is 0. The van der Waals surface area contributed by atoms with Crippen molar-refractivity contribution in [1.82, 2.24) is 0 Å². The first-order chi connectivity index (χ1) is 8.52. The average molecular weight is 255 g/mol. The molecule has 0 aliphatic heterocycles. The van der Waals surface area contributed by atoms with Crippen LogP contribution in [0.1, 0.15) is 32.4 Å². The molecular weight excluding hydrogens is 233 g/mol. The maximum Gasteiger partial charge on any atom is 0.165 e. The molecule has 0 saturated carbocycles. The number of benzene rings is 1. The molecule has 0 spiro atoms. The van der Waals surface area contributed by atoms with E-state index in [-0.39, 0.29) is 17.6 Å². The Morgan fingerprint density at radius 2 is 1.94 bits per heavy atom. The van der Waals surface area contributed by atoms with Gasteiger partial charge in [0, 0.05) is 18.2 Å². The number of hydrogen-bond donors (Lipinski definition) is 1. The predicted molar refractivity (Wildman–Crippen MR) is 70.2 cm³/mol. The fraction of sp³-hybridized carbons (Fsp3) is 0.571. The Morgan fingerprint density at radius 3 is 2.56 bits per heavy atom. The summed E-state index contributed by atoms with van der Waals surface area (Å²) in [6, 6.07) is 4.52. The Morgan fingerprint density at radius 1 is 1.22 bits per heavy atom. The van der Waals surface area contributed by atoms with Crippen molar-refractivity contribution in [2.45, 2.75) is 26.8 Å². The molecule has 0 radical (unpaired) electrons. The highest BCUT2D eigenvalue weighted by atomic mass is 19.1. The summed E-state index contributed by atoms with van der Waals surface area (Å²) in [6.07, 6.45) is 0. The predicted octanol–water partition coefficient (Wildman–Crippen LogP) is 2.90. The molecule has 2 N–H and O–H groups in total. The van der Waals surface area contributed by atoms with Gasteiger partial charge in [0.25, 0.3) is 0 Å². The van der Waals surface area contributed by atoms with Crippen molar-refractivity contribution in [3.05, 3.63) is 29.6 Å². The first kappa shape index (κ1) is 14.9. The maximum atomic E-state index is 13.6. The SMILES string of the molecule is CC(C)COCCOc1c(F)cccc1[C@H](C)N. The molecule has 0 fully saturated rings. The molecular formula is C14H22FNO2. The van der Waals surface area contributed by atoms with Crippen LogP contribution in [-0.2, 0) is 4.74 Å². The highest BCUT2D eigenvalue weighted by Gasteiger charge is 2.12. The van der Waals surface area contributed by atoms with Crippen LogP contribution in [0.2, 0.25) is 0 Å². The molecule has 1 atom stereocenters. The third-order valence-corrected chi connectivity index (χ3v) is 2.41. The second-order valence-electron chi connectivity index (χ2n) is 4.76. The molecule has 0 unspecified atom stereocenters. The monoisotopic (exact) mass is 255 g/mol. The van der Waals surface area contributed by atoms with Crippen LogP contribution in [0.3, 0.4) is 0 Å². The standard InChI is InChI=1S/C14H22FNO2/c1-10(2)9-17-7-8-18-14-12(11(3)16)5-4-6-13(14)15/h4-6,10-11H,7-9,16H2,1-3H3/t11-/m0/s1. The fourth-order valence-electron chi connectivity index (χ4n) is 1.56. The van der Waals surface area contributed by atoms with Crippen LogP contribution in [-0.4, -0.2) is 19.8 Å². The quantitative estimate of drug-likeness (QED) is 0.762. The second-order valence-corrected chi connectivity index (χ2v) is 4.76. The van der Waals surface area contributed by atoms with Gasteiger partial charge in [0.15, 0.2) is 11.6 Å². The average Bonchev–Trinajstić information content (AvgIpc) is 2.29. The molecule has 0 aromatic heterocycles. The lowest BCUT2D eigenvalue weighted by atomic mass is 10.1. The second kappa shape index (κ2) is 7.34. The molecule has 1 rings (SSSR count). The summed E-state index contributed by atoms with van der Waals surface area (Å²) < 4.78 is 24.4. The van der Waals surface area contributed by atoms with Gasteiger partial charge in [-0.2, -0.15) is 0 Å². The number of hydrogen-bond acceptors (Lipinski definition) is 3. The normalized spacial score (nSPS) is 12.8. The zero-order valence-electron chi connectivity index (χ0n) is 11.3. The van der Waals surface area contributed by atoms with Gasteiger partial charge < -0.3 is 15.2 Å². The van der Waals surface area contributed by atoms with Crippen LogP contribution in [0, 0.1) is 11.7 Å². The van der Waals surface area contributed by atoms with E-state index in [2.05, 4.69) is 13.8 Å².